The highest BCUT2D eigenvalue weighted by Crippen LogP contribution is 2.28. The number of benzene rings is 2. The number of fused-ring (bicyclic) bond motifs is 1. The van der Waals surface area contributed by atoms with Crippen LogP contribution in [0.3, 0.4) is 0 Å². The minimum Gasteiger partial charge on any atom is -0.508 e. The molecule has 0 atom stereocenters. The number of pyridine rings is 1. The average molecular weight is 329 g/mol. The molecule has 0 saturated carbocycles. The number of aromatic hydroxyl groups is 1. The molecule has 20 heavy (non-hydrogen) atoms. The Hall–Kier alpha value is -2.07. The van der Waals surface area contributed by atoms with E-state index in [0.717, 1.165) is 26.6 Å². The van der Waals surface area contributed by atoms with Gasteiger partial charge in [0.2, 0.25) is 0 Å². The zero-order chi connectivity index (χ0) is 13.9. The molecule has 3 nitrogen and oxygen atoms in total. The summed E-state index contributed by atoms with van der Waals surface area (Å²) < 4.78 is 0.764. The molecular formula is C16H13BrN2O. The first-order chi connectivity index (χ1) is 9.75. The van der Waals surface area contributed by atoms with Crippen LogP contribution in [-0.4, -0.2) is 10.1 Å². The van der Waals surface area contributed by atoms with Gasteiger partial charge in [-0.25, -0.2) is 4.98 Å². The first-order valence-electron chi connectivity index (χ1n) is 6.29. The monoisotopic (exact) mass is 328 g/mol. The van der Waals surface area contributed by atoms with Gasteiger partial charge in [0.25, 0.3) is 0 Å². The summed E-state index contributed by atoms with van der Waals surface area (Å²) in [6.45, 7) is 0.539. The predicted octanol–water partition coefficient (Wildman–Crippen LogP) is 4.32. The lowest BCUT2D eigenvalue weighted by Crippen LogP contribution is -2.01. The van der Waals surface area contributed by atoms with Crippen molar-refractivity contribution in [1.82, 2.24) is 4.98 Å². The molecule has 100 valence electrons. The van der Waals surface area contributed by atoms with Gasteiger partial charge in [-0.05, 0) is 44.9 Å². The van der Waals surface area contributed by atoms with Crippen molar-refractivity contribution < 1.29 is 5.11 Å². The third kappa shape index (κ3) is 2.47. The maximum atomic E-state index is 10.1. The summed E-state index contributed by atoms with van der Waals surface area (Å²) in [7, 11) is 0. The molecule has 2 aromatic carbocycles. The van der Waals surface area contributed by atoms with Gasteiger partial charge in [-0.3, -0.25) is 0 Å². The Balaban J connectivity index is 1.95. The van der Waals surface area contributed by atoms with Crippen LogP contribution in [0.15, 0.2) is 59.3 Å². The molecular weight excluding hydrogens is 316 g/mol. The topological polar surface area (TPSA) is 45.1 Å². The standard InChI is InChI=1S/C16H13BrN2O/c17-16-14(6-3-9-18-16)19-10-13-12-5-2-1-4-11(12)7-8-15(13)20/h1-9,19-20H,10H2. The number of halogens is 1. The van der Waals surface area contributed by atoms with Crippen LogP contribution in [0.2, 0.25) is 0 Å². The van der Waals surface area contributed by atoms with Crippen molar-refractivity contribution in [2.24, 2.45) is 0 Å². The average Bonchev–Trinajstić information content (AvgIpc) is 2.48. The number of phenolic OH excluding ortho intramolecular Hbond substituents is 1. The summed E-state index contributed by atoms with van der Waals surface area (Å²) in [6.07, 6.45) is 1.73. The number of rotatable bonds is 3. The van der Waals surface area contributed by atoms with Crippen LogP contribution in [-0.2, 0) is 6.54 Å². The van der Waals surface area contributed by atoms with Gasteiger partial charge in [-0.15, -0.1) is 0 Å². The fourth-order valence-corrected chi connectivity index (χ4v) is 2.60. The van der Waals surface area contributed by atoms with Crippen molar-refractivity contribution in [3.05, 3.63) is 64.9 Å². The van der Waals surface area contributed by atoms with Gasteiger partial charge in [0.05, 0.1) is 5.69 Å². The second-order valence-corrected chi connectivity index (χ2v) is 5.23. The minimum absolute atomic E-state index is 0.302. The van der Waals surface area contributed by atoms with E-state index >= 15 is 0 Å². The van der Waals surface area contributed by atoms with Crippen molar-refractivity contribution in [1.29, 1.82) is 0 Å². The van der Waals surface area contributed by atoms with Crippen LogP contribution < -0.4 is 5.32 Å². The lowest BCUT2D eigenvalue weighted by Gasteiger charge is -2.12. The van der Waals surface area contributed by atoms with Crippen LogP contribution in [0, 0.1) is 0 Å². The maximum absolute atomic E-state index is 10.1. The molecule has 4 heteroatoms. The van der Waals surface area contributed by atoms with Gasteiger partial charge in [0.1, 0.15) is 10.4 Å². The molecule has 2 N–H and O–H groups in total. The third-order valence-electron chi connectivity index (χ3n) is 3.23. The van der Waals surface area contributed by atoms with E-state index in [1.54, 1.807) is 12.3 Å². The lowest BCUT2D eigenvalue weighted by molar-refractivity contribution is 0.470. The van der Waals surface area contributed by atoms with Gasteiger partial charge in [0, 0.05) is 18.3 Å². The molecule has 1 aromatic heterocycles. The van der Waals surface area contributed by atoms with E-state index in [2.05, 4.69) is 26.2 Å². The van der Waals surface area contributed by atoms with Gasteiger partial charge in [-0.2, -0.15) is 0 Å². The highest BCUT2D eigenvalue weighted by Gasteiger charge is 2.07. The van der Waals surface area contributed by atoms with Crippen molar-refractivity contribution >= 4 is 32.4 Å². The maximum Gasteiger partial charge on any atom is 0.129 e. The van der Waals surface area contributed by atoms with Crippen molar-refractivity contribution in [2.45, 2.75) is 6.54 Å². The summed E-state index contributed by atoms with van der Waals surface area (Å²) in [5, 5.41) is 15.6. The quantitative estimate of drug-likeness (QED) is 0.704. The van der Waals surface area contributed by atoms with Crippen molar-refractivity contribution in [2.75, 3.05) is 5.32 Å². The third-order valence-corrected chi connectivity index (χ3v) is 3.86. The SMILES string of the molecule is Oc1ccc2ccccc2c1CNc1cccnc1Br. The Bertz CT molecular complexity index is 758. The molecule has 0 fully saturated rings. The molecule has 0 aliphatic heterocycles. The molecule has 0 bridgehead atoms. The number of hydrogen-bond donors (Lipinski definition) is 2. The molecule has 0 aliphatic rings. The fraction of sp³-hybridized carbons (Fsp3) is 0.0625. The Morgan fingerprint density at radius 3 is 2.75 bits per heavy atom. The summed E-state index contributed by atoms with van der Waals surface area (Å²) in [6, 6.07) is 15.5. The Kier molecular flexibility index (Phi) is 3.56. The summed E-state index contributed by atoms with van der Waals surface area (Å²) in [4.78, 5) is 4.17. The van der Waals surface area contributed by atoms with Gasteiger partial charge >= 0.3 is 0 Å². The first-order valence-corrected chi connectivity index (χ1v) is 7.09. The predicted molar refractivity (Wildman–Crippen MR) is 84.9 cm³/mol. The Morgan fingerprint density at radius 2 is 1.90 bits per heavy atom. The smallest absolute Gasteiger partial charge is 0.129 e. The van der Waals surface area contributed by atoms with Crippen LogP contribution in [0.1, 0.15) is 5.56 Å². The zero-order valence-corrected chi connectivity index (χ0v) is 12.3. The Labute approximate surface area is 125 Å². The second-order valence-electron chi connectivity index (χ2n) is 4.48. The lowest BCUT2D eigenvalue weighted by atomic mass is 10.0. The van der Waals surface area contributed by atoms with Crippen molar-refractivity contribution in [3.8, 4) is 5.75 Å². The summed E-state index contributed by atoms with van der Waals surface area (Å²) >= 11 is 3.40. The largest absolute Gasteiger partial charge is 0.508 e. The van der Waals surface area contributed by atoms with E-state index in [-0.39, 0.29) is 0 Å². The molecule has 0 unspecified atom stereocenters. The van der Waals surface area contributed by atoms with Crippen LogP contribution >= 0.6 is 15.9 Å². The molecule has 0 aliphatic carbocycles. The molecule has 1 heterocycles. The molecule has 3 rings (SSSR count). The van der Waals surface area contributed by atoms with Crippen LogP contribution in [0.5, 0.6) is 5.75 Å². The van der Waals surface area contributed by atoms with Gasteiger partial charge < -0.3 is 10.4 Å². The van der Waals surface area contributed by atoms with E-state index in [9.17, 15) is 5.11 Å². The number of aromatic nitrogens is 1. The number of anilines is 1. The van der Waals surface area contributed by atoms with E-state index in [1.807, 2.05) is 42.5 Å². The molecule has 3 aromatic rings. The van der Waals surface area contributed by atoms with E-state index < -0.39 is 0 Å². The van der Waals surface area contributed by atoms with E-state index in [4.69, 9.17) is 0 Å². The van der Waals surface area contributed by atoms with E-state index in [1.165, 1.54) is 0 Å². The normalized spacial score (nSPS) is 10.7. The number of nitrogens with zero attached hydrogens (tertiary/aromatic N) is 1. The highest BCUT2D eigenvalue weighted by molar-refractivity contribution is 9.10. The molecule has 0 spiro atoms. The Morgan fingerprint density at radius 1 is 1.05 bits per heavy atom. The number of hydrogen-bond acceptors (Lipinski definition) is 3. The first kappa shape index (κ1) is 12.9. The van der Waals surface area contributed by atoms with Crippen LogP contribution in [0.25, 0.3) is 10.8 Å². The second kappa shape index (κ2) is 5.51. The van der Waals surface area contributed by atoms with Gasteiger partial charge in [0.15, 0.2) is 0 Å². The minimum atomic E-state index is 0.302. The molecule has 0 saturated heterocycles. The highest BCUT2D eigenvalue weighted by atomic mass is 79.9. The molecule has 0 amide bonds. The van der Waals surface area contributed by atoms with Crippen molar-refractivity contribution in [3.63, 3.8) is 0 Å². The van der Waals surface area contributed by atoms with E-state index in [0.29, 0.717) is 12.3 Å². The fourth-order valence-electron chi connectivity index (χ4n) is 2.21. The summed E-state index contributed by atoms with van der Waals surface area (Å²) in [5.74, 6) is 0.302. The zero-order valence-electron chi connectivity index (χ0n) is 10.7. The molecule has 0 radical (unpaired) electrons. The summed E-state index contributed by atoms with van der Waals surface area (Å²) in [5.41, 5.74) is 1.79. The van der Waals surface area contributed by atoms with Crippen LogP contribution in [0.4, 0.5) is 5.69 Å². The number of phenols is 1. The van der Waals surface area contributed by atoms with Gasteiger partial charge in [-0.1, -0.05) is 30.3 Å². The number of nitrogens with one attached hydrogen (secondary N) is 1.